The van der Waals surface area contributed by atoms with Crippen LogP contribution in [0.4, 0.5) is 13.2 Å². The third-order valence-corrected chi connectivity index (χ3v) is 4.59. The number of hydrogen-bond donors (Lipinski definition) is 1. The first-order chi connectivity index (χ1) is 8.79. The smallest absolute Gasteiger partial charge is 0.302 e. The van der Waals surface area contributed by atoms with Gasteiger partial charge in [0.05, 0.1) is 10.5 Å². The van der Waals surface area contributed by atoms with Gasteiger partial charge in [-0.05, 0) is 30.7 Å². The Morgan fingerprint density at radius 3 is 2.21 bits per heavy atom. The van der Waals surface area contributed by atoms with Gasteiger partial charge in [-0.15, -0.1) is 11.3 Å². The number of aryl methyl sites for hydroxylation is 1. The summed E-state index contributed by atoms with van der Waals surface area (Å²) in [5.74, 6) is 0. The van der Waals surface area contributed by atoms with Gasteiger partial charge in [0.15, 0.2) is 11.1 Å². The summed E-state index contributed by atoms with van der Waals surface area (Å²) in [7, 11) is 0. The van der Waals surface area contributed by atoms with E-state index in [-0.39, 0.29) is 0 Å². The van der Waals surface area contributed by atoms with Crippen molar-refractivity contribution in [3.63, 3.8) is 0 Å². The number of hydrogen-bond acceptors (Lipinski definition) is 2. The highest BCUT2D eigenvalue weighted by molar-refractivity contribution is 7.79. The van der Waals surface area contributed by atoms with Crippen LogP contribution in [-0.4, -0.2) is 8.76 Å². The average molecular weight is 306 g/mol. The predicted octanol–water partition coefficient (Wildman–Crippen LogP) is 4.32. The summed E-state index contributed by atoms with van der Waals surface area (Å²) in [5.41, 5.74) is -0.117. The molecule has 1 aromatic heterocycles. The van der Waals surface area contributed by atoms with Crippen molar-refractivity contribution in [1.29, 1.82) is 0 Å². The van der Waals surface area contributed by atoms with Crippen LogP contribution in [0.15, 0.2) is 35.2 Å². The zero-order valence-corrected chi connectivity index (χ0v) is 11.3. The van der Waals surface area contributed by atoms with Crippen molar-refractivity contribution in [2.24, 2.45) is 0 Å². The van der Waals surface area contributed by atoms with Gasteiger partial charge in [-0.1, -0.05) is 12.1 Å². The molecule has 0 aliphatic heterocycles. The molecule has 0 bridgehead atoms. The fourth-order valence-corrected chi connectivity index (χ4v) is 3.40. The van der Waals surface area contributed by atoms with Gasteiger partial charge in [0.25, 0.3) is 0 Å². The third-order valence-electron chi connectivity index (χ3n) is 2.56. The number of thiophene rings is 1. The standard InChI is InChI=1S/C12H9F3O2S2/c1-7-11(19(16)17)6-10(18-7)8-2-4-9(5-3-8)12(13,14)15/h2-6H,1H3,(H,16,17). The zero-order chi connectivity index (χ0) is 14.2. The van der Waals surface area contributed by atoms with E-state index in [9.17, 15) is 17.4 Å². The number of alkyl halides is 3. The van der Waals surface area contributed by atoms with E-state index in [2.05, 4.69) is 0 Å². The Balaban J connectivity index is 2.38. The second-order valence-corrected chi connectivity index (χ2v) is 6.05. The topological polar surface area (TPSA) is 37.3 Å². The molecule has 0 amide bonds. The molecule has 0 saturated heterocycles. The fourth-order valence-electron chi connectivity index (χ4n) is 1.60. The summed E-state index contributed by atoms with van der Waals surface area (Å²) in [6.45, 7) is 1.70. The molecule has 0 spiro atoms. The molecule has 7 heteroatoms. The Kier molecular flexibility index (Phi) is 3.80. The minimum Gasteiger partial charge on any atom is -0.302 e. The maximum atomic E-state index is 12.4. The van der Waals surface area contributed by atoms with E-state index in [1.165, 1.54) is 29.5 Å². The molecule has 2 aromatic rings. The van der Waals surface area contributed by atoms with Gasteiger partial charge in [0.2, 0.25) is 0 Å². The van der Waals surface area contributed by atoms with E-state index in [0.29, 0.717) is 20.2 Å². The Hall–Kier alpha value is -1.18. The molecule has 19 heavy (non-hydrogen) atoms. The van der Waals surface area contributed by atoms with Gasteiger partial charge in [0, 0.05) is 9.75 Å². The van der Waals surface area contributed by atoms with Crippen molar-refractivity contribution in [3.8, 4) is 10.4 Å². The van der Waals surface area contributed by atoms with Gasteiger partial charge in [-0.25, -0.2) is 4.21 Å². The molecule has 0 saturated carbocycles. The van der Waals surface area contributed by atoms with Crippen LogP contribution in [0, 0.1) is 6.92 Å². The monoisotopic (exact) mass is 306 g/mol. The lowest BCUT2D eigenvalue weighted by Crippen LogP contribution is -2.03. The Morgan fingerprint density at radius 2 is 1.79 bits per heavy atom. The molecule has 2 nitrogen and oxygen atoms in total. The Morgan fingerprint density at radius 1 is 1.21 bits per heavy atom. The Labute approximate surface area is 114 Å². The van der Waals surface area contributed by atoms with Crippen LogP contribution in [0.2, 0.25) is 0 Å². The van der Waals surface area contributed by atoms with Gasteiger partial charge in [-0.2, -0.15) is 13.2 Å². The lowest BCUT2D eigenvalue weighted by atomic mass is 10.1. The molecule has 0 aliphatic carbocycles. The quantitative estimate of drug-likeness (QED) is 0.839. The van der Waals surface area contributed by atoms with Crippen LogP contribution < -0.4 is 0 Å². The van der Waals surface area contributed by atoms with E-state index >= 15 is 0 Å². The van der Waals surface area contributed by atoms with Crippen LogP contribution >= 0.6 is 11.3 Å². The van der Waals surface area contributed by atoms with Crippen molar-refractivity contribution >= 4 is 22.4 Å². The lowest BCUT2D eigenvalue weighted by molar-refractivity contribution is -0.137. The number of rotatable bonds is 2. The first-order valence-corrected chi connectivity index (χ1v) is 7.10. The molecule has 1 heterocycles. The molecule has 2 rings (SSSR count). The number of benzene rings is 1. The molecule has 0 aliphatic rings. The maximum absolute atomic E-state index is 12.4. The van der Waals surface area contributed by atoms with Gasteiger partial charge < -0.3 is 4.55 Å². The van der Waals surface area contributed by atoms with Crippen molar-refractivity contribution in [2.45, 2.75) is 18.0 Å². The van der Waals surface area contributed by atoms with E-state index in [0.717, 1.165) is 12.1 Å². The minimum absolute atomic E-state index is 0.292. The molecule has 1 N–H and O–H groups in total. The van der Waals surface area contributed by atoms with Crippen LogP contribution in [0.5, 0.6) is 0 Å². The van der Waals surface area contributed by atoms with E-state index in [4.69, 9.17) is 4.55 Å². The van der Waals surface area contributed by atoms with Crippen molar-refractivity contribution in [1.82, 2.24) is 0 Å². The molecular formula is C12H9F3O2S2. The van der Waals surface area contributed by atoms with E-state index in [1.54, 1.807) is 6.92 Å². The molecule has 1 aromatic carbocycles. The van der Waals surface area contributed by atoms with Crippen LogP contribution in [-0.2, 0) is 17.3 Å². The second kappa shape index (κ2) is 5.07. The van der Waals surface area contributed by atoms with Gasteiger partial charge in [-0.3, -0.25) is 0 Å². The van der Waals surface area contributed by atoms with Crippen molar-refractivity contribution < 1.29 is 21.9 Å². The normalized spacial score (nSPS) is 13.5. The van der Waals surface area contributed by atoms with Crippen LogP contribution in [0.3, 0.4) is 0 Å². The van der Waals surface area contributed by atoms with Crippen molar-refractivity contribution in [2.75, 3.05) is 0 Å². The summed E-state index contributed by atoms with van der Waals surface area (Å²) in [4.78, 5) is 1.64. The highest BCUT2D eigenvalue weighted by Gasteiger charge is 2.30. The summed E-state index contributed by atoms with van der Waals surface area (Å²) in [6.07, 6.45) is -4.36. The van der Waals surface area contributed by atoms with Crippen molar-refractivity contribution in [3.05, 3.63) is 40.8 Å². The first kappa shape index (κ1) is 14.2. The zero-order valence-electron chi connectivity index (χ0n) is 9.69. The number of halogens is 3. The third kappa shape index (κ3) is 3.05. The molecule has 1 atom stereocenters. The van der Waals surface area contributed by atoms with E-state index < -0.39 is 22.8 Å². The summed E-state index contributed by atoms with van der Waals surface area (Å²) >= 11 is -0.807. The van der Waals surface area contributed by atoms with Gasteiger partial charge >= 0.3 is 6.18 Å². The minimum atomic E-state index is -4.36. The lowest BCUT2D eigenvalue weighted by Gasteiger charge is -2.06. The van der Waals surface area contributed by atoms with E-state index in [1.807, 2.05) is 0 Å². The van der Waals surface area contributed by atoms with Crippen LogP contribution in [0.1, 0.15) is 10.4 Å². The molecule has 102 valence electrons. The Bertz CT molecular complexity index is 615. The fraction of sp³-hybridized carbons (Fsp3) is 0.167. The summed E-state index contributed by atoms with van der Waals surface area (Å²) in [5, 5.41) is 0. The molecule has 0 fully saturated rings. The average Bonchev–Trinajstić information content (AvgIpc) is 2.70. The highest BCUT2D eigenvalue weighted by atomic mass is 32.2. The molecule has 1 unspecified atom stereocenters. The summed E-state index contributed by atoms with van der Waals surface area (Å²) in [6, 6.07) is 6.25. The molecule has 0 radical (unpaired) electrons. The largest absolute Gasteiger partial charge is 0.416 e. The maximum Gasteiger partial charge on any atom is 0.416 e. The van der Waals surface area contributed by atoms with Gasteiger partial charge in [0.1, 0.15) is 0 Å². The SMILES string of the molecule is Cc1sc(-c2ccc(C(F)(F)F)cc2)cc1S(=O)O. The highest BCUT2D eigenvalue weighted by Crippen LogP contribution is 2.35. The second-order valence-electron chi connectivity index (χ2n) is 3.86. The van der Waals surface area contributed by atoms with Crippen LogP contribution in [0.25, 0.3) is 10.4 Å². The summed E-state index contributed by atoms with van der Waals surface area (Å²) < 4.78 is 57.3. The predicted molar refractivity (Wildman–Crippen MR) is 68.5 cm³/mol. The first-order valence-electron chi connectivity index (χ1n) is 5.18. The molecular weight excluding hydrogens is 297 g/mol.